The second kappa shape index (κ2) is 9.38. The number of amides is 1. The lowest BCUT2D eigenvalue weighted by molar-refractivity contribution is -0.137. The third-order valence-corrected chi connectivity index (χ3v) is 4.81. The fourth-order valence-electron chi connectivity index (χ4n) is 2.15. The number of ether oxygens (including phenoxy) is 2. The number of nitrogens with zero attached hydrogens (tertiary/aromatic N) is 2. The van der Waals surface area contributed by atoms with Crippen LogP contribution >= 0.6 is 34.5 Å². The van der Waals surface area contributed by atoms with Gasteiger partial charge in [-0.15, -0.1) is 11.3 Å². The minimum Gasteiger partial charge on any atom is -0.485 e. The molecule has 1 aromatic heterocycles. The van der Waals surface area contributed by atoms with Crippen LogP contribution in [0.15, 0.2) is 23.6 Å². The van der Waals surface area contributed by atoms with Crippen molar-refractivity contribution in [3.8, 4) is 5.75 Å². The molecule has 0 fully saturated rings. The molecule has 2 aromatic rings. The van der Waals surface area contributed by atoms with Crippen molar-refractivity contribution in [3.05, 3.63) is 44.3 Å². The van der Waals surface area contributed by atoms with Crippen LogP contribution in [0.1, 0.15) is 24.5 Å². The van der Waals surface area contributed by atoms with Crippen LogP contribution in [0.2, 0.25) is 10.0 Å². The largest absolute Gasteiger partial charge is 0.485 e. The molecular formula is C17H20Cl2N2O3S. The SMILES string of the molecule is COCC(=O)N(Cc1csc(COc2cc(Cl)ccc2Cl)n1)C(C)C. The zero-order valence-electron chi connectivity index (χ0n) is 14.3. The fourth-order valence-corrected chi connectivity index (χ4v) is 3.19. The highest BCUT2D eigenvalue weighted by atomic mass is 35.5. The summed E-state index contributed by atoms with van der Waals surface area (Å²) in [6.07, 6.45) is 0. The fraction of sp³-hybridized carbons (Fsp3) is 0.412. The molecule has 0 radical (unpaired) electrons. The Balaban J connectivity index is 1.99. The van der Waals surface area contributed by atoms with Gasteiger partial charge >= 0.3 is 0 Å². The Bertz CT molecular complexity index is 722. The van der Waals surface area contributed by atoms with E-state index in [1.54, 1.807) is 23.1 Å². The van der Waals surface area contributed by atoms with E-state index in [0.717, 1.165) is 10.7 Å². The molecule has 136 valence electrons. The molecule has 5 nitrogen and oxygen atoms in total. The molecule has 0 saturated carbocycles. The number of carbonyl (C=O) groups excluding carboxylic acids is 1. The zero-order chi connectivity index (χ0) is 18.4. The number of thiazole rings is 1. The Labute approximate surface area is 161 Å². The number of benzene rings is 1. The average Bonchev–Trinajstić information content (AvgIpc) is 3.01. The average molecular weight is 403 g/mol. The van der Waals surface area contributed by atoms with Crippen LogP contribution in [0, 0.1) is 0 Å². The van der Waals surface area contributed by atoms with Crippen molar-refractivity contribution < 1.29 is 14.3 Å². The molecule has 0 saturated heterocycles. The molecule has 0 N–H and O–H groups in total. The summed E-state index contributed by atoms with van der Waals surface area (Å²) in [4.78, 5) is 18.4. The molecule has 2 rings (SSSR count). The van der Waals surface area contributed by atoms with Gasteiger partial charge < -0.3 is 14.4 Å². The van der Waals surface area contributed by atoms with Crippen molar-refractivity contribution in [1.82, 2.24) is 9.88 Å². The summed E-state index contributed by atoms with van der Waals surface area (Å²) in [6, 6.07) is 5.13. The van der Waals surface area contributed by atoms with Crippen molar-refractivity contribution in [2.75, 3.05) is 13.7 Å². The van der Waals surface area contributed by atoms with Gasteiger partial charge in [-0.05, 0) is 26.0 Å². The maximum absolute atomic E-state index is 12.1. The summed E-state index contributed by atoms with van der Waals surface area (Å²) >= 11 is 13.5. The molecule has 0 unspecified atom stereocenters. The van der Waals surface area contributed by atoms with Crippen LogP contribution in [0.5, 0.6) is 5.75 Å². The van der Waals surface area contributed by atoms with Gasteiger partial charge in [0, 0.05) is 29.6 Å². The Morgan fingerprint density at radius 1 is 1.36 bits per heavy atom. The van der Waals surface area contributed by atoms with Crippen molar-refractivity contribution in [2.24, 2.45) is 0 Å². The highest BCUT2D eigenvalue weighted by Crippen LogP contribution is 2.28. The van der Waals surface area contributed by atoms with E-state index in [2.05, 4.69) is 4.98 Å². The highest BCUT2D eigenvalue weighted by Gasteiger charge is 2.18. The lowest BCUT2D eigenvalue weighted by Gasteiger charge is -2.25. The first-order valence-corrected chi connectivity index (χ1v) is 9.33. The minimum atomic E-state index is -0.0611. The summed E-state index contributed by atoms with van der Waals surface area (Å²) in [5.41, 5.74) is 0.818. The van der Waals surface area contributed by atoms with E-state index in [1.807, 2.05) is 19.2 Å². The monoisotopic (exact) mass is 402 g/mol. The Morgan fingerprint density at radius 3 is 2.80 bits per heavy atom. The van der Waals surface area contributed by atoms with Crippen molar-refractivity contribution in [2.45, 2.75) is 33.0 Å². The predicted octanol–water partition coefficient (Wildman–Crippen LogP) is 4.41. The van der Waals surface area contributed by atoms with E-state index in [9.17, 15) is 4.79 Å². The second-order valence-corrected chi connectivity index (χ2v) is 7.43. The molecule has 0 bridgehead atoms. The van der Waals surface area contributed by atoms with Crippen LogP contribution in [0.4, 0.5) is 0 Å². The topological polar surface area (TPSA) is 51.7 Å². The van der Waals surface area contributed by atoms with Crippen LogP contribution in [-0.4, -0.2) is 35.5 Å². The minimum absolute atomic E-state index is 0.0611. The molecule has 1 heterocycles. The first-order chi connectivity index (χ1) is 11.9. The molecule has 0 atom stereocenters. The van der Waals surface area contributed by atoms with Gasteiger partial charge in [0.15, 0.2) is 0 Å². The number of hydrogen-bond donors (Lipinski definition) is 0. The Hall–Kier alpha value is -1.34. The lowest BCUT2D eigenvalue weighted by atomic mass is 10.3. The smallest absolute Gasteiger partial charge is 0.249 e. The lowest BCUT2D eigenvalue weighted by Crippen LogP contribution is -2.38. The van der Waals surface area contributed by atoms with Crippen molar-refractivity contribution >= 4 is 40.4 Å². The third-order valence-electron chi connectivity index (χ3n) is 3.39. The first kappa shape index (κ1) is 20.0. The van der Waals surface area contributed by atoms with Crippen LogP contribution in [0.3, 0.4) is 0 Å². The first-order valence-electron chi connectivity index (χ1n) is 7.70. The number of carbonyl (C=O) groups is 1. The van der Waals surface area contributed by atoms with E-state index in [-0.39, 0.29) is 18.6 Å². The number of halogens is 2. The van der Waals surface area contributed by atoms with Crippen molar-refractivity contribution in [1.29, 1.82) is 0 Å². The molecule has 1 aromatic carbocycles. The standard InChI is InChI=1S/C17H20Cl2N2O3S/c1-11(2)21(17(22)9-23-3)7-13-10-25-16(20-13)8-24-15-6-12(18)4-5-14(15)19/h4-6,10-11H,7-9H2,1-3H3. The van der Waals surface area contributed by atoms with E-state index in [0.29, 0.717) is 28.9 Å². The molecule has 1 amide bonds. The number of methoxy groups -OCH3 is 1. The predicted molar refractivity (Wildman–Crippen MR) is 100 cm³/mol. The summed E-state index contributed by atoms with van der Waals surface area (Å²) in [7, 11) is 1.51. The third kappa shape index (κ3) is 5.85. The highest BCUT2D eigenvalue weighted by molar-refractivity contribution is 7.09. The molecule has 0 aliphatic rings. The van der Waals surface area contributed by atoms with Gasteiger partial charge in [0.2, 0.25) is 5.91 Å². The maximum Gasteiger partial charge on any atom is 0.249 e. The quantitative estimate of drug-likeness (QED) is 0.655. The van der Waals surface area contributed by atoms with Gasteiger partial charge in [0.05, 0.1) is 17.3 Å². The molecule has 0 aliphatic heterocycles. The van der Waals surface area contributed by atoms with Crippen molar-refractivity contribution in [3.63, 3.8) is 0 Å². The van der Waals surface area contributed by atoms with Gasteiger partial charge in [-0.3, -0.25) is 4.79 Å². The molecule has 8 heteroatoms. The number of rotatable bonds is 8. The molecule has 0 spiro atoms. The Morgan fingerprint density at radius 2 is 2.12 bits per heavy atom. The normalized spacial score (nSPS) is 11.0. The van der Waals surface area contributed by atoms with E-state index >= 15 is 0 Å². The summed E-state index contributed by atoms with van der Waals surface area (Å²) < 4.78 is 10.6. The van der Waals surface area contributed by atoms with Crippen LogP contribution in [0.25, 0.3) is 0 Å². The van der Waals surface area contributed by atoms with Gasteiger partial charge in [-0.25, -0.2) is 4.98 Å². The number of hydrogen-bond acceptors (Lipinski definition) is 5. The summed E-state index contributed by atoms with van der Waals surface area (Å²) in [6.45, 7) is 4.72. The van der Waals surface area contributed by atoms with E-state index < -0.39 is 0 Å². The van der Waals surface area contributed by atoms with Gasteiger partial charge in [-0.1, -0.05) is 23.2 Å². The Kier molecular flexibility index (Phi) is 7.50. The zero-order valence-corrected chi connectivity index (χ0v) is 16.6. The van der Waals surface area contributed by atoms with E-state index in [1.165, 1.54) is 18.4 Å². The second-order valence-electron chi connectivity index (χ2n) is 5.64. The van der Waals surface area contributed by atoms with Gasteiger partial charge in [-0.2, -0.15) is 0 Å². The van der Waals surface area contributed by atoms with E-state index in [4.69, 9.17) is 32.7 Å². The summed E-state index contributed by atoms with van der Waals surface area (Å²) in [5.74, 6) is 0.457. The number of aromatic nitrogens is 1. The summed E-state index contributed by atoms with van der Waals surface area (Å²) in [5, 5.41) is 3.78. The van der Waals surface area contributed by atoms with Gasteiger partial charge in [0.25, 0.3) is 0 Å². The molecule has 25 heavy (non-hydrogen) atoms. The molecule has 0 aliphatic carbocycles. The van der Waals surface area contributed by atoms with Gasteiger partial charge in [0.1, 0.15) is 24.0 Å². The molecular weight excluding hydrogens is 383 g/mol. The van der Waals surface area contributed by atoms with Crippen LogP contribution in [-0.2, 0) is 22.7 Å². The van der Waals surface area contributed by atoms with Crippen LogP contribution < -0.4 is 4.74 Å². The maximum atomic E-state index is 12.1.